The molecule has 0 aromatic heterocycles. The molecule has 1 nitrogen and oxygen atoms in total. The van der Waals surface area contributed by atoms with Crippen molar-refractivity contribution in [2.75, 3.05) is 13.7 Å². The maximum Gasteiger partial charge on any atom is 0.108 e. The quantitative estimate of drug-likeness (QED) is 0.591. The van der Waals surface area contributed by atoms with Crippen molar-refractivity contribution < 1.29 is 4.74 Å². The summed E-state index contributed by atoms with van der Waals surface area (Å²) in [5.74, 6) is 3.24. The summed E-state index contributed by atoms with van der Waals surface area (Å²) in [4.78, 5) is 2.61. The number of ether oxygens (including phenoxy) is 1. The molecule has 0 unspecified atom stereocenters. The maximum absolute atomic E-state index is 5.16. The summed E-state index contributed by atoms with van der Waals surface area (Å²) < 4.78 is 5.19. The molecular weight excluding hydrogens is 312 g/mol. The summed E-state index contributed by atoms with van der Waals surface area (Å²) in [6.07, 6.45) is 0. The van der Waals surface area contributed by atoms with Gasteiger partial charge in [-0.05, 0) is 29.5 Å². The number of methoxy groups -OCH3 is 1. The van der Waals surface area contributed by atoms with E-state index in [0.717, 1.165) is 0 Å². The smallest absolute Gasteiger partial charge is 0.108 e. The van der Waals surface area contributed by atoms with Crippen molar-refractivity contribution in [1.29, 1.82) is 0 Å². The monoisotopic (exact) mass is 342 g/mol. The second-order valence-electron chi connectivity index (χ2n) is 6.06. The Kier molecular flexibility index (Phi) is 8.11. The maximum atomic E-state index is 5.16. The molecule has 130 valence electrons. The fraction of sp³-hybridized carbons (Fsp3) is 0.364. The molecular formula is C22H30OS. The summed E-state index contributed by atoms with van der Waals surface area (Å²) >= 11 is 0. The first-order valence-electron chi connectivity index (χ1n) is 8.44. The molecule has 0 saturated heterocycles. The zero-order valence-electron chi connectivity index (χ0n) is 15.8. The first-order chi connectivity index (χ1) is 11.5. The number of rotatable bonds is 3. The molecule has 2 aromatic rings. The lowest BCUT2D eigenvalue weighted by Crippen LogP contribution is -2.24. The van der Waals surface area contributed by atoms with Crippen LogP contribution in [0.4, 0.5) is 0 Å². The lowest BCUT2D eigenvalue weighted by Gasteiger charge is -2.47. The van der Waals surface area contributed by atoms with Crippen LogP contribution < -0.4 is 0 Å². The Morgan fingerprint density at radius 2 is 1.25 bits per heavy atom. The van der Waals surface area contributed by atoms with Crippen LogP contribution in [0.25, 0.3) is 0 Å². The second-order valence-corrected chi connectivity index (χ2v) is 9.66. The van der Waals surface area contributed by atoms with E-state index in [1.165, 1.54) is 9.79 Å². The minimum absolute atomic E-state index is 0.0243. The van der Waals surface area contributed by atoms with Gasteiger partial charge < -0.3 is 4.74 Å². The molecule has 0 atom stereocenters. The number of hydrogen-bond acceptors (Lipinski definition) is 1. The minimum atomic E-state index is -1.48. The van der Waals surface area contributed by atoms with E-state index in [9.17, 15) is 0 Å². The van der Waals surface area contributed by atoms with Crippen molar-refractivity contribution in [3.05, 3.63) is 60.7 Å². The van der Waals surface area contributed by atoms with Gasteiger partial charge in [-0.2, -0.15) is 0 Å². The Morgan fingerprint density at radius 3 is 1.58 bits per heavy atom. The first kappa shape index (κ1) is 20.4. The molecule has 0 bridgehead atoms. The van der Waals surface area contributed by atoms with Crippen LogP contribution in [0.3, 0.4) is 0 Å². The van der Waals surface area contributed by atoms with E-state index >= 15 is 0 Å². The summed E-state index contributed by atoms with van der Waals surface area (Å²) in [6, 6.07) is 21.3. The highest BCUT2D eigenvalue weighted by Gasteiger charge is 2.38. The molecule has 24 heavy (non-hydrogen) atoms. The molecule has 0 aliphatic carbocycles. The third kappa shape index (κ3) is 4.44. The SMILES string of the molecule is CC.COCC#CS(c1ccccc1)(c1ccccc1)C(C)(C)C. The molecule has 0 aliphatic heterocycles. The predicted molar refractivity (Wildman–Crippen MR) is 108 cm³/mol. The average Bonchev–Trinajstić information content (AvgIpc) is 2.61. The van der Waals surface area contributed by atoms with E-state index < -0.39 is 10.0 Å². The fourth-order valence-corrected chi connectivity index (χ4v) is 6.21. The Hall–Kier alpha value is -1.69. The van der Waals surface area contributed by atoms with Crippen molar-refractivity contribution in [1.82, 2.24) is 0 Å². The summed E-state index contributed by atoms with van der Waals surface area (Å²) in [5.41, 5.74) is 0. The largest absolute Gasteiger partial charge is 0.372 e. The van der Waals surface area contributed by atoms with Gasteiger partial charge in [0.25, 0.3) is 0 Å². The Balaban J connectivity index is 0.00000139. The van der Waals surface area contributed by atoms with Gasteiger partial charge in [0.15, 0.2) is 0 Å². The molecule has 0 amide bonds. The van der Waals surface area contributed by atoms with Crippen LogP contribution in [-0.2, 0) is 4.74 Å². The molecule has 0 radical (unpaired) electrons. The van der Waals surface area contributed by atoms with Crippen LogP contribution in [0.1, 0.15) is 34.6 Å². The Morgan fingerprint density at radius 1 is 0.833 bits per heavy atom. The minimum Gasteiger partial charge on any atom is -0.372 e. The Labute approximate surface area is 149 Å². The molecule has 0 fully saturated rings. The fourth-order valence-electron chi connectivity index (χ4n) is 2.57. The van der Waals surface area contributed by atoms with Crippen LogP contribution in [-0.4, -0.2) is 18.5 Å². The van der Waals surface area contributed by atoms with Gasteiger partial charge in [-0.3, -0.25) is 0 Å². The normalized spacial score (nSPS) is 11.6. The van der Waals surface area contributed by atoms with Crippen molar-refractivity contribution >= 4 is 10.0 Å². The van der Waals surface area contributed by atoms with Crippen molar-refractivity contribution in [2.24, 2.45) is 0 Å². The lowest BCUT2D eigenvalue weighted by atomic mass is 10.3. The van der Waals surface area contributed by atoms with E-state index in [-0.39, 0.29) is 4.75 Å². The standard InChI is InChI=1S/C20H24OS.C2H6/c1-20(2,3)22(17-11-16-21-4,18-12-7-5-8-13-18)19-14-9-6-10-15-19;1-2/h5-10,12-15H,16H2,1-4H3;1-2H3. The second kappa shape index (κ2) is 9.57. The zero-order chi connectivity index (χ0) is 18.1. The highest BCUT2D eigenvalue weighted by Crippen LogP contribution is 2.69. The van der Waals surface area contributed by atoms with Crippen LogP contribution >= 0.6 is 10.0 Å². The number of hydrogen-bond donors (Lipinski definition) is 0. The van der Waals surface area contributed by atoms with Gasteiger partial charge in [-0.15, -0.1) is 10.0 Å². The van der Waals surface area contributed by atoms with Crippen molar-refractivity contribution in [3.8, 4) is 11.2 Å². The molecule has 2 aromatic carbocycles. The number of benzene rings is 2. The topological polar surface area (TPSA) is 9.23 Å². The van der Waals surface area contributed by atoms with E-state index in [1.54, 1.807) is 7.11 Å². The first-order valence-corrected chi connectivity index (χ1v) is 10.1. The van der Waals surface area contributed by atoms with Gasteiger partial charge >= 0.3 is 0 Å². The van der Waals surface area contributed by atoms with E-state index in [0.29, 0.717) is 6.61 Å². The van der Waals surface area contributed by atoms with Crippen LogP contribution in [0.5, 0.6) is 0 Å². The summed E-state index contributed by atoms with van der Waals surface area (Å²) in [6.45, 7) is 11.3. The molecule has 0 N–H and O–H groups in total. The average molecular weight is 343 g/mol. The van der Waals surface area contributed by atoms with Crippen molar-refractivity contribution in [3.63, 3.8) is 0 Å². The van der Waals surface area contributed by atoms with E-state index in [4.69, 9.17) is 4.74 Å². The van der Waals surface area contributed by atoms with Crippen molar-refractivity contribution in [2.45, 2.75) is 49.2 Å². The summed E-state index contributed by atoms with van der Waals surface area (Å²) in [7, 11) is 0.205. The van der Waals surface area contributed by atoms with E-state index in [2.05, 4.69) is 92.6 Å². The molecule has 0 saturated carbocycles. The molecule has 0 heterocycles. The predicted octanol–water partition coefficient (Wildman–Crippen LogP) is 6.34. The van der Waals surface area contributed by atoms with Gasteiger partial charge in [0.2, 0.25) is 0 Å². The van der Waals surface area contributed by atoms with E-state index in [1.807, 2.05) is 13.8 Å². The summed E-state index contributed by atoms with van der Waals surface area (Å²) in [5, 5.41) is 3.62. The molecule has 2 heteroatoms. The van der Waals surface area contributed by atoms with Crippen LogP contribution in [0.15, 0.2) is 70.5 Å². The zero-order valence-corrected chi connectivity index (χ0v) is 16.6. The highest BCUT2D eigenvalue weighted by molar-refractivity contribution is 8.38. The van der Waals surface area contributed by atoms with Gasteiger partial charge in [0.05, 0.1) is 0 Å². The lowest BCUT2D eigenvalue weighted by molar-refractivity contribution is 0.240. The molecule has 0 aliphatic rings. The third-order valence-electron chi connectivity index (χ3n) is 3.55. The van der Waals surface area contributed by atoms with Gasteiger partial charge in [-0.1, -0.05) is 76.9 Å². The van der Waals surface area contributed by atoms with Crippen LogP contribution in [0.2, 0.25) is 0 Å². The molecule has 0 spiro atoms. The molecule has 2 rings (SSSR count). The van der Waals surface area contributed by atoms with Gasteiger partial charge in [0.1, 0.15) is 6.61 Å². The third-order valence-corrected chi connectivity index (χ3v) is 7.80. The van der Waals surface area contributed by atoms with Crippen LogP contribution in [0, 0.1) is 11.2 Å². The van der Waals surface area contributed by atoms with Gasteiger partial charge in [-0.25, -0.2) is 0 Å². The Bertz CT molecular complexity index is 606. The van der Waals surface area contributed by atoms with Gasteiger partial charge in [0, 0.05) is 21.6 Å². The highest BCUT2D eigenvalue weighted by atomic mass is 32.3.